The van der Waals surface area contributed by atoms with Crippen LogP contribution < -0.4 is 10.2 Å². The van der Waals surface area contributed by atoms with E-state index in [1.54, 1.807) is 6.92 Å². The Hall–Kier alpha value is -6.19. The molecule has 0 bridgehead atoms. The number of nitrogens with one attached hydrogen (secondary N) is 1. The third kappa shape index (κ3) is 10.4. The monoisotopic (exact) mass is 807 g/mol. The summed E-state index contributed by atoms with van der Waals surface area (Å²) in [5.74, 6) is 0.189. The number of fused-ring (bicyclic) bond motifs is 4. The molecule has 2 atom stereocenters. The number of hydrogen-bond donors (Lipinski definition) is 1. The number of carbonyl (C=O) groups is 1. The Kier molecular flexibility index (Phi) is 16.5. The van der Waals surface area contributed by atoms with Crippen molar-refractivity contribution in [2.75, 3.05) is 23.3 Å². The van der Waals surface area contributed by atoms with Crippen molar-refractivity contribution in [3.05, 3.63) is 217 Å². The second-order valence-electron chi connectivity index (χ2n) is 15.8. The van der Waals surface area contributed by atoms with E-state index in [1.807, 2.05) is 33.8 Å². The lowest BCUT2D eigenvalue weighted by atomic mass is 9.69. The molecule has 0 radical (unpaired) electrons. The molecule has 3 heteroatoms. The molecule has 0 saturated heterocycles. The average Bonchev–Trinajstić information content (AvgIpc) is 3.53. The van der Waals surface area contributed by atoms with E-state index in [-0.39, 0.29) is 11.2 Å². The van der Waals surface area contributed by atoms with E-state index in [0.29, 0.717) is 13.0 Å². The predicted octanol–water partition coefficient (Wildman–Crippen LogP) is 15.1. The Balaban J connectivity index is 0.00000171. The number of Topliss-reactive ketones (excluding diaryl/α,β-unsaturated/α-hetero) is 1. The van der Waals surface area contributed by atoms with Gasteiger partial charge >= 0.3 is 0 Å². The van der Waals surface area contributed by atoms with Gasteiger partial charge in [0.15, 0.2) is 0 Å². The lowest BCUT2D eigenvalue weighted by Crippen LogP contribution is -2.31. The van der Waals surface area contributed by atoms with Gasteiger partial charge in [0.05, 0.1) is 0 Å². The maximum Gasteiger partial charge on any atom is 0.131 e. The highest BCUT2D eigenvalue weighted by atomic mass is 16.1. The summed E-state index contributed by atoms with van der Waals surface area (Å²) in [6.45, 7) is 24.6. The zero-order chi connectivity index (χ0) is 43.8. The fraction of sp³-hybridized carbons (Fsp3) is 0.259. The van der Waals surface area contributed by atoms with Crippen molar-refractivity contribution in [1.82, 2.24) is 0 Å². The first-order valence-electron chi connectivity index (χ1n) is 22.2. The van der Waals surface area contributed by atoms with E-state index in [0.717, 1.165) is 37.1 Å². The number of nitrogens with zero attached hydrogens (tertiary/aromatic N) is 1. The number of anilines is 2. The van der Waals surface area contributed by atoms with Crippen LogP contribution in [0.4, 0.5) is 11.4 Å². The van der Waals surface area contributed by atoms with Crippen LogP contribution in [0.1, 0.15) is 83.6 Å². The highest BCUT2D eigenvalue weighted by molar-refractivity contribution is 5.95. The first-order chi connectivity index (χ1) is 29.7. The number of rotatable bonds is 16. The van der Waals surface area contributed by atoms with Gasteiger partial charge < -0.3 is 10.2 Å². The van der Waals surface area contributed by atoms with Crippen LogP contribution in [0.5, 0.6) is 0 Å². The van der Waals surface area contributed by atoms with Crippen molar-refractivity contribution in [1.29, 1.82) is 0 Å². The van der Waals surface area contributed by atoms with Gasteiger partial charge in [-0.25, -0.2) is 0 Å². The third-order valence-electron chi connectivity index (χ3n) is 11.7. The highest BCUT2D eigenvalue weighted by Gasteiger charge is 2.44. The SMILES string of the molecule is C=CCCNc1ccc2ccccc2c1C(C)(Cc1ccccc1)C(=C)/C=C/C=C/C=C1/N(CCC(C)=O)c2ccc3ccccc3c2C1(C)Cc1ccccc1.CC.CC. The second-order valence-corrected chi connectivity index (χ2v) is 15.8. The molecular formula is C58H66N2O. The normalized spacial score (nSPS) is 16.1. The lowest BCUT2D eigenvalue weighted by molar-refractivity contribution is -0.116. The third-order valence-corrected chi connectivity index (χ3v) is 11.7. The Labute approximate surface area is 366 Å². The van der Waals surface area contributed by atoms with E-state index in [4.69, 9.17) is 6.58 Å². The molecule has 0 aliphatic carbocycles. The summed E-state index contributed by atoms with van der Waals surface area (Å²) in [5.41, 5.74) is 8.90. The van der Waals surface area contributed by atoms with Crippen LogP contribution in [0.25, 0.3) is 21.5 Å². The van der Waals surface area contributed by atoms with Crippen molar-refractivity contribution < 1.29 is 4.79 Å². The zero-order valence-electron chi connectivity index (χ0n) is 37.7. The molecule has 3 nitrogen and oxygen atoms in total. The van der Waals surface area contributed by atoms with Crippen molar-refractivity contribution in [3.63, 3.8) is 0 Å². The molecule has 7 rings (SSSR count). The summed E-state index contributed by atoms with van der Waals surface area (Å²) in [7, 11) is 0. The molecule has 61 heavy (non-hydrogen) atoms. The van der Waals surface area contributed by atoms with Gasteiger partial charge in [-0.05, 0) is 101 Å². The number of hydrogen-bond acceptors (Lipinski definition) is 3. The van der Waals surface area contributed by atoms with Gasteiger partial charge in [-0.15, -0.1) is 6.58 Å². The molecule has 0 fully saturated rings. The Bertz CT molecular complexity index is 2490. The largest absolute Gasteiger partial charge is 0.384 e. The van der Waals surface area contributed by atoms with Crippen LogP contribution in [0.2, 0.25) is 0 Å². The lowest BCUT2D eigenvalue weighted by Gasteiger charge is -2.35. The molecule has 0 amide bonds. The van der Waals surface area contributed by atoms with E-state index in [1.165, 1.54) is 55.2 Å². The predicted molar refractivity (Wildman–Crippen MR) is 267 cm³/mol. The zero-order valence-corrected chi connectivity index (χ0v) is 37.7. The minimum Gasteiger partial charge on any atom is -0.384 e. The standard InChI is InChI=1S/C54H54N2O.2C2H6/c1-6-7-36-55-48-33-31-44-26-17-19-28-46(44)51(48)53(4,38-42-22-12-9-13-23-42)40(2)21-11-8-16-30-50-54(5,39-43-24-14-10-15-25-43)52-47-29-20-18-27-45(47)32-34-49(52)56(50)37-35-41(3)57;2*1-2/h6,8-34,55H,1-2,7,35-39H2,3-5H3;2*1-2H3/b16-8+,21-11+,50-30+;;. The van der Waals surface area contributed by atoms with Crippen molar-refractivity contribution in [3.8, 4) is 0 Å². The smallest absolute Gasteiger partial charge is 0.131 e. The van der Waals surface area contributed by atoms with Crippen LogP contribution >= 0.6 is 0 Å². The van der Waals surface area contributed by atoms with Gasteiger partial charge in [-0.3, -0.25) is 4.79 Å². The molecule has 1 aliphatic rings. The van der Waals surface area contributed by atoms with E-state index >= 15 is 0 Å². The van der Waals surface area contributed by atoms with E-state index < -0.39 is 5.41 Å². The van der Waals surface area contributed by atoms with Crippen LogP contribution in [0, 0.1) is 0 Å². The molecule has 6 aromatic carbocycles. The van der Waals surface area contributed by atoms with Crippen LogP contribution in [-0.4, -0.2) is 18.9 Å². The van der Waals surface area contributed by atoms with Crippen LogP contribution in [-0.2, 0) is 28.5 Å². The topological polar surface area (TPSA) is 32.3 Å². The van der Waals surface area contributed by atoms with Gasteiger partial charge in [-0.2, -0.15) is 0 Å². The Morgan fingerprint density at radius 3 is 1.98 bits per heavy atom. The fourth-order valence-corrected chi connectivity index (χ4v) is 8.84. The van der Waals surface area contributed by atoms with Gasteiger partial charge in [0.1, 0.15) is 5.78 Å². The number of benzene rings is 6. The molecule has 6 aromatic rings. The molecule has 0 spiro atoms. The molecular weight excluding hydrogens is 741 g/mol. The van der Waals surface area contributed by atoms with Crippen molar-refractivity contribution in [2.24, 2.45) is 0 Å². The number of carbonyl (C=O) groups excluding carboxylic acids is 1. The summed E-state index contributed by atoms with van der Waals surface area (Å²) in [4.78, 5) is 14.8. The van der Waals surface area contributed by atoms with Gasteiger partial charge in [0.25, 0.3) is 0 Å². The first-order valence-corrected chi connectivity index (χ1v) is 22.2. The van der Waals surface area contributed by atoms with Gasteiger partial charge in [0, 0.05) is 47.4 Å². The summed E-state index contributed by atoms with van der Waals surface area (Å²) in [5, 5.41) is 8.66. The Morgan fingerprint density at radius 1 is 0.738 bits per heavy atom. The quantitative estimate of drug-likeness (QED) is 0.0601. The van der Waals surface area contributed by atoms with Crippen molar-refractivity contribution >= 4 is 38.7 Å². The Morgan fingerprint density at radius 2 is 1.33 bits per heavy atom. The average molecular weight is 807 g/mol. The summed E-state index contributed by atoms with van der Waals surface area (Å²) in [6.07, 6.45) is 15.8. The number of ketones is 1. The fourth-order valence-electron chi connectivity index (χ4n) is 8.84. The number of allylic oxidation sites excluding steroid dienone is 7. The minimum absolute atomic E-state index is 0.189. The molecule has 1 aliphatic heterocycles. The second kappa shape index (κ2) is 21.9. The first kappa shape index (κ1) is 45.9. The molecule has 1 heterocycles. The maximum atomic E-state index is 12.4. The molecule has 0 aromatic heterocycles. The van der Waals surface area contributed by atoms with Crippen LogP contribution in [0.15, 0.2) is 194 Å². The van der Waals surface area contributed by atoms with E-state index in [2.05, 4.69) is 194 Å². The van der Waals surface area contributed by atoms with Crippen molar-refractivity contribution in [2.45, 2.75) is 85.0 Å². The summed E-state index contributed by atoms with van der Waals surface area (Å²) < 4.78 is 0. The summed E-state index contributed by atoms with van der Waals surface area (Å²) in [6, 6.07) is 47.8. The minimum atomic E-state index is -0.423. The molecule has 1 N–H and O–H groups in total. The molecule has 2 unspecified atom stereocenters. The van der Waals surface area contributed by atoms with Crippen LogP contribution in [0.3, 0.4) is 0 Å². The molecule has 314 valence electrons. The summed E-state index contributed by atoms with van der Waals surface area (Å²) >= 11 is 0. The van der Waals surface area contributed by atoms with Gasteiger partial charge in [-0.1, -0.05) is 193 Å². The maximum absolute atomic E-state index is 12.4. The molecule has 0 saturated carbocycles. The van der Waals surface area contributed by atoms with Gasteiger partial charge in [0.2, 0.25) is 0 Å². The van der Waals surface area contributed by atoms with E-state index in [9.17, 15) is 4.79 Å². The highest BCUT2D eigenvalue weighted by Crippen LogP contribution is 2.52.